The highest BCUT2D eigenvalue weighted by molar-refractivity contribution is 6.05. The first-order chi connectivity index (χ1) is 14.2. The molecule has 0 aliphatic carbocycles. The van der Waals surface area contributed by atoms with Crippen LogP contribution in [0.5, 0.6) is 0 Å². The molecule has 3 aromatic rings. The van der Waals surface area contributed by atoms with Crippen molar-refractivity contribution in [3.05, 3.63) is 71.8 Å². The number of aromatic nitrogens is 3. The van der Waals surface area contributed by atoms with Crippen molar-refractivity contribution in [3.8, 4) is 0 Å². The fraction of sp³-hybridized carbons (Fsp3) is 0.217. The number of anilines is 1. The molecule has 2 N–H and O–H groups in total. The minimum Gasteiger partial charge on any atom is -0.322 e. The zero-order valence-electron chi connectivity index (χ0n) is 17.3. The zero-order valence-corrected chi connectivity index (χ0v) is 17.3. The molecule has 0 saturated carbocycles. The predicted molar refractivity (Wildman–Crippen MR) is 121 cm³/mol. The number of hydrogen-bond acceptors (Lipinski definition) is 4. The van der Waals surface area contributed by atoms with Crippen LogP contribution in [-0.4, -0.2) is 27.3 Å². The second kappa shape index (κ2) is 11.3. The van der Waals surface area contributed by atoms with E-state index >= 15 is 0 Å². The molecule has 0 spiro atoms. The quantitative estimate of drug-likeness (QED) is 0.423. The van der Waals surface area contributed by atoms with Gasteiger partial charge < -0.3 is 5.32 Å². The second-order valence-corrected chi connectivity index (χ2v) is 5.86. The molecule has 0 saturated heterocycles. The highest BCUT2D eigenvalue weighted by Crippen LogP contribution is 2.22. The van der Waals surface area contributed by atoms with Gasteiger partial charge in [0.1, 0.15) is 0 Å². The molecule has 29 heavy (non-hydrogen) atoms. The van der Waals surface area contributed by atoms with Gasteiger partial charge in [0.2, 0.25) is 0 Å². The molecule has 6 nitrogen and oxygen atoms in total. The number of allylic oxidation sites excluding steroid dienone is 2. The molecule has 6 heteroatoms. The average molecular weight is 390 g/mol. The molecule has 1 amide bonds. The van der Waals surface area contributed by atoms with Crippen LogP contribution < -0.4 is 5.32 Å². The lowest BCUT2D eigenvalue weighted by Crippen LogP contribution is -2.11. The van der Waals surface area contributed by atoms with Crippen molar-refractivity contribution in [2.75, 3.05) is 5.32 Å². The van der Waals surface area contributed by atoms with Crippen LogP contribution in [-0.2, 0) is 0 Å². The Labute approximate surface area is 171 Å². The molecular weight excluding hydrogens is 362 g/mol. The van der Waals surface area contributed by atoms with Gasteiger partial charge in [-0.2, -0.15) is 5.10 Å². The van der Waals surface area contributed by atoms with Gasteiger partial charge in [0.05, 0.1) is 11.2 Å². The molecule has 0 aliphatic heterocycles. The Kier molecular flexibility index (Phi) is 8.51. The van der Waals surface area contributed by atoms with Gasteiger partial charge in [0, 0.05) is 41.4 Å². The SMILES string of the molecule is CC.CC=N/C=C(/C=C/c1n[nH]c2ccc(NC(=O)c3ccncc3)cc12)CC. The third-order valence-electron chi connectivity index (χ3n) is 4.05. The summed E-state index contributed by atoms with van der Waals surface area (Å²) in [6.45, 7) is 7.97. The van der Waals surface area contributed by atoms with Crippen molar-refractivity contribution >= 4 is 34.8 Å². The number of nitrogens with one attached hydrogen (secondary N) is 2. The van der Waals surface area contributed by atoms with Crippen LogP contribution >= 0.6 is 0 Å². The number of aromatic amines is 1. The highest BCUT2D eigenvalue weighted by Gasteiger charge is 2.08. The molecule has 0 fully saturated rings. The summed E-state index contributed by atoms with van der Waals surface area (Å²) >= 11 is 0. The first-order valence-corrected chi connectivity index (χ1v) is 9.75. The largest absolute Gasteiger partial charge is 0.322 e. The van der Waals surface area contributed by atoms with Crippen molar-refractivity contribution in [2.45, 2.75) is 34.1 Å². The Morgan fingerprint density at radius 2 is 1.97 bits per heavy atom. The number of carbonyl (C=O) groups excluding carboxylic acids is 1. The number of aliphatic imine (C=N–C) groups is 1. The molecule has 0 unspecified atom stereocenters. The van der Waals surface area contributed by atoms with E-state index in [1.54, 1.807) is 30.7 Å². The summed E-state index contributed by atoms with van der Waals surface area (Å²) < 4.78 is 0. The van der Waals surface area contributed by atoms with E-state index in [0.717, 1.165) is 28.6 Å². The Balaban J connectivity index is 0.00000145. The number of carbonyl (C=O) groups is 1. The number of pyridine rings is 1. The lowest BCUT2D eigenvalue weighted by atomic mass is 10.1. The normalized spacial score (nSPS) is 11.7. The third kappa shape index (κ3) is 5.97. The summed E-state index contributed by atoms with van der Waals surface area (Å²) in [5.41, 5.74) is 4.09. The van der Waals surface area contributed by atoms with Gasteiger partial charge in [-0.3, -0.25) is 19.9 Å². The fourth-order valence-corrected chi connectivity index (χ4v) is 2.55. The maximum absolute atomic E-state index is 12.3. The minimum absolute atomic E-state index is 0.175. The van der Waals surface area contributed by atoms with Crippen molar-refractivity contribution in [1.29, 1.82) is 0 Å². The highest BCUT2D eigenvalue weighted by atomic mass is 16.1. The van der Waals surface area contributed by atoms with Crippen molar-refractivity contribution in [3.63, 3.8) is 0 Å². The smallest absolute Gasteiger partial charge is 0.255 e. The van der Waals surface area contributed by atoms with Crippen molar-refractivity contribution < 1.29 is 4.79 Å². The Morgan fingerprint density at radius 1 is 1.21 bits per heavy atom. The molecule has 1 aromatic carbocycles. The Hall–Kier alpha value is -3.54. The standard InChI is InChI=1S/C21H21N5O.C2H6/c1-3-15(14-22-4-2)5-7-19-18-13-17(6-8-20(18)26-25-19)24-21(27)16-9-11-23-12-10-16;1-2/h4-14H,3H2,1-2H3,(H,24,27)(H,25,26);1-2H3/b7-5+,15-14+,22-4?;. The van der Waals surface area contributed by atoms with E-state index in [4.69, 9.17) is 0 Å². The Bertz CT molecular complexity index is 1020. The first kappa shape index (κ1) is 21.8. The third-order valence-corrected chi connectivity index (χ3v) is 4.05. The van der Waals surface area contributed by atoms with E-state index in [9.17, 15) is 4.79 Å². The van der Waals surface area contributed by atoms with Gasteiger partial charge in [-0.25, -0.2) is 0 Å². The number of fused-ring (bicyclic) bond motifs is 1. The van der Waals surface area contributed by atoms with E-state index in [1.165, 1.54) is 0 Å². The summed E-state index contributed by atoms with van der Waals surface area (Å²) in [5.74, 6) is -0.175. The van der Waals surface area contributed by atoms with Crippen LogP contribution in [0.25, 0.3) is 17.0 Å². The molecule has 0 aliphatic rings. The van der Waals surface area contributed by atoms with Crippen LogP contribution in [0, 0.1) is 0 Å². The van der Waals surface area contributed by atoms with Gasteiger partial charge in [0.25, 0.3) is 5.91 Å². The van der Waals surface area contributed by atoms with Crippen molar-refractivity contribution in [2.24, 2.45) is 4.99 Å². The van der Waals surface area contributed by atoms with E-state index in [2.05, 4.69) is 32.4 Å². The molecule has 2 aromatic heterocycles. The second-order valence-electron chi connectivity index (χ2n) is 5.86. The van der Waals surface area contributed by atoms with E-state index in [-0.39, 0.29) is 5.91 Å². The molecule has 0 atom stereocenters. The van der Waals surface area contributed by atoms with Gasteiger partial charge in [-0.1, -0.05) is 26.8 Å². The van der Waals surface area contributed by atoms with Gasteiger partial charge in [-0.15, -0.1) is 0 Å². The number of hydrogen-bond donors (Lipinski definition) is 2. The van der Waals surface area contributed by atoms with Crippen LogP contribution in [0.1, 0.15) is 50.2 Å². The van der Waals surface area contributed by atoms with Crippen LogP contribution in [0.2, 0.25) is 0 Å². The summed E-state index contributed by atoms with van der Waals surface area (Å²) in [4.78, 5) is 20.4. The van der Waals surface area contributed by atoms with E-state index in [1.807, 2.05) is 57.3 Å². The maximum Gasteiger partial charge on any atom is 0.255 e. The molecule has 0 bridgehead atoms. The minimum atomic E-state index is -0.175. The van der Waals surface area contributed by atoms with Gasteiger partial charge >= 0.3 is 0 Å². The Morgan fingerprint density at radius 3 is 2.66 bits per heavy atom. The maximum atomic E-state index is 12.3. The molecule has 150 valence electrons. The lowest BCUT2D eigenvalue weighted by Gasteiger charge is -2.05. The molecular formula is C23H27N5O. The summed E-state index contributed by atoms with van der Waals surface area (Å²) in [5, 5.41) is 11.2. The zero-order chi connectivity index (χ0) is 21.1. The number of rotatable bonds is 6. The monoisotopic (exact) mass is 389 g/mol. The van der Waals surface area contributed by atoms with Crippen LogP contribution in [0.3, 0.4) is 0 Å². The fourth-order valence-electron chi connectivity index (χ4n) is 2.55. The first-order valence-electron chi connectivity index (χ1n) is 9.75. The predicted octanol–water partition coefficient (Wildman–Crippen LogP) is 5.63. The average Bonchev–Trinajstić information content (AvgIpc) is 3.18. The summed E-state index contributed by atoms with van der Waals surface area (Å²) in [6.07, 6.45) is 11.6. The number of benzene rings is 1. The molecule has 3 rings (SSSR count). The van der Waals surface area contributed by atoms with Gasteiger partial charge in [0.15, 0.2) is 0 Å². The molecule has 2 heterocycles. The number of nitrogens with zero attached hydrogens (tertiary/aromatic N) is 3. The number of amides is 1. The topological polar surface area (TPSA) is 83.0 Å². The summed E-state index contributed by atoms with van der Waals surface area (Å²) in [7, 11) is 0. The molecule has 0 radical (unpaired) electrons. The lowest BCUT2D eigenvalue weighted by molar-refractivity contribution is 0.102. The number of H-pyrrole nitrogens is 1. The van der Waals surface area contributed by atoms with Crippen LogP contribution in [0.15, 0.2) is 65.6 Å². The van der Waals surface area contributed by atoms with E-state index < -0.39 is 0 Å². The summed E-state index contributed by atoms with van der Waals surface area (Å²) in [6, 6.07) is 9.02. The van der Waals surface area contributed by atoms with Crippen LogP contribution in [0.4, 0.5) is 5.69 Å². The van der Waals surface area contributed by atoms with Gasteiger partial charge in [-0.05, 0) is 55.3 Å². The van der Waals surface area contributed by atoms with E-state index in [0.29, 0.717) is 11.3 Å². The van der Waals surface area contributed by atoms with Crippen molar-refractivity contribution in [1.82, 2.24) is 15.2 Å².